The number of aromatic carboxylic acids is 2. The van der Waals surface area contributed by atoms with Gasteiger partial charge in [0.25, 0.3) is 0 Å². The number of aryl methyl sites for hydroxylation is 1. The van der Waals surface area contributed by atoms with Gasteiger partial charge < -0.3 is 10.2 Å². The van der Waals surface area contributed by atoms with Crippen LogP contribution in [0.5, 0.6) is 0 Å². The molecule has 0 amide bonds. The third-order valence-electron chi connectivity index (χ3n) is 2.56. The first kappa shape index (κ1) is 12.5. The lowest BCUT2D eigenvalue weighted by molar-refractivity contribution is 0.0652. The fourth-order valence-electron chi connectivity index (χ4n) is 1.84. The quantitative estimate of drug-likeness (QED) is 0.890. The molecule has 0 aliphatic rings. The van der Waals surface area contributed by atoms with Crippen LogP contribution in [0.1, 0.15) is 26.4 Å². The van der Waals surface area contributed by atoms with Crippen LogP contribution in [-0.2, 0) is 0 Å². The predicted molar refractivity (Wildman–Crippen MR) is 68.1 cm³/mol. The van der Waals surface area contributed by atoms with Crippen LogP contribution in [0, 0.1) is 6.92 Å². The lowest BCUT2D eigenvalue weighted by Gasteiger charge is -2.09. The van der Waals surface area contributed by atoms with Crippen molar-refractivity contribution < 1.29 is 19.8 Å². The zero-order chi connectivity index (χ0) is 13.4. The van der Waals surface area contributed by atoms with Gasteiger partial charge in [-0.15, -0.1) is 0 Å². The van der Waals surface area contributed by atoms with E-state index in [2.05, 4.69) is 20.9 Å². The van der Waals surface area contributed by atoms with Crippen LogP contribution >= 0.6 is 15.9 Å². The van der Waals surface area contributed by atoms with Crippen molar-refractivity contribution in [3.8, 4) is 0 Å². The van der Waals surface area contributed by atoms with Gasteiger partial charge in [-0.3, -0.25) is 4.98 Å². The van der Waals surface area contributed by atoms with Gasteiger partial charge in [-0.05, 0) is 25.1 Å². The van der Waals surface area contributed by atoms with Crippen LogP contribution in [0.15, 0.2) is 22.7 Å². The summed E-state index contributed by atoms with van der Waals surface area (Å²) >= 11 is 3.23. The maximum absolute atomic E-state index is 11.3. The number of carboxylic acids is 2. The Balaban J connectivity index is 3.01. The minimum atomic E-state index is -1.29. The monoisotopic (exact) mass is 309 g/mol. The summed E-state index contributed by atoms with van der Waals surface area (Å²) in [6.07, 6.45) is 0. The second-order valence-electron chi connectivity index (χ2n) is 3.72. The summed E-state index contributed by atoms with van der Waals surface area (Å²) in [5, 5.41) is 18.6. The SMILES string of the molecule is Cc1nc2ccc(Br)cc2c(C(=O)O)c1C(=O)O. The largest absolute Gasteiger partial charge is 0.478 e. The molecule has 0 spiro atoms. The summed E-state index contributed by atoms with van der Waals surface area (Å²) in [5.41, 5.74) is 0.146. The van der Waals surface area contributed by atoms with Gasteiger partial charge in [0.05, 0.1) is 22.3 Å². The third-order valence-corrected chi connectivity index (χ3v) is 3.05. The van der Waals surface area contributed by atoms with Gasteiger partial charge in [0.15, 0.2) is 0 Å². The highest BCUT2D eigenvalue weighted by atomic mass is 79.9. The highest BCUT2D eigenvalue weighted by Crippen LogP contribution is 2.26. The number of carbonyl (C=O) groups is 2. The van der Waals surface area contributed by atoms with E-state index in [0.717, 1.165) is 0 Å². The first-order valence-corrected chi connectivity index (χ1v) is 5.77. The van der Waals surface area contributed by atoms with E-state index in [9.17, 15) is 14.7 Å². The Morgan fingerprint density at radius 2 is 1.78 bits per heavy atom. The predicted octanol–water partition coefficient (Wildman–Crippen LogP) is 2.70. The van der Waals surface area contributed by atoms with Gasteiger partial charge in [0.2, 0.25) is 0 Å². The Kier molecular flexibility index (Phi) is 3.04. The molecule has 1 aromatic carbocycles. The number of carboxylic acid groups (broad SMARTS) is 2. The molecule has 0 bridgehead atoms. The van der Waals surface area contributed by atoms with Gasteiger partial charge in [-0.2, -0.15) is 0 Å². The standard InChI is InChI=1S/C12H8BrNO4/c1-5-9(11(15)16)10(12(17)18)7-4-6(13)2-3-8(7)14-5/h2-4H,1H3,(H,15,16)(H,17,18). The maximum Gasteiger partial charge on any atom is 0.338 e. The molecular formula is C12H8BrNO4. The molecule has 0 atom stereocenters. The molecule has 2 N–H and O–H groups in total. The van der Waals surface area contributed by atoms with Crippen LogP contribution in [0.2, 0.25) is 0 Å². The molecule has 6 heteroatoms. The van der Waals surface area contributed by atoms with E-state index in [0.29, 0.717) is 15.4 Å². The summed E-state index contributed by atoms with van der Waals surface area (Å²) in [7, 11) is 0. The first-order chi connectivity index (χ1) is 8.41. The molecule has 1 heterocycles. The van der Waals surface area contributed by atoms with Crippen molar-refractivity contribution in [1.82, 2.24) is 4.98 Å². The second kappa shape index (κ2) is 4.38. The summed E-state index contributed by atoms with van der Waals surface area (Å²) in [6.45, 7) is 1.48. The Hall–Kier alpha value is -1.95. The summed E-state index contributed by atoms with van der Waals surface area (Å²) in [6, 6.07) is 4.92. The average molecular weight is 310 g/mol. The van der Waals surface area contributed by atoms with Gasteiger partial charge >= 0.3 is 11.9 Å². The fourth-order valence-corrected chi connectivity index (χ4v) is 2.20. The third kappa shape index (κ3) is 1.95. The lowest BCUT2D eigenvalue weighted by atomic mass is 10.0. The minimum absolute atomic E-state index is 0.190. The van der Waals surface area contributed by atoms with Crippen LogP contribution in [0.25, 0.3) is 10.9 Å². The van der Waals surface area contributed by atoms with Crippen molar-refractivity contribution in [2.45, 2.75) is 6.92 Å². The number of hydrogen-bond donors (Lipinski definition) is 2. The van der Waals surface area contributed by atoms with Gasteiger partial charge in [0.1, 0.15) is 0 Å². The molecule has 0 aliphatic carbocycles. The molecule has 0 radical (unpaired) electrons. The van der Waals surface area contributed by atoms with Crippen LogP contribution in [0.4, 0.5) is 0 Å². The molecule has 0 unspecified atom stereocenters. The summed E-state index contributed by atoms with van der Waals surface area (Å²) in [5.74, 6) is -2.57. The molecule has 0 fully saturated rings. The van der Waals surface area contributed by atoms with E-state index in [1.807, 2.05) is 0 Å². The van der Waals surface area contributed by atoms with E-state index in [-0.39, 0.29) is 16.8 Å². The van der Waals surface area contributed by atoms with E-state index < -0.39 is 11.9 Å². The molecule has 92 valence electrons. The Morgan fingerprint density at radius 1 is 1.17 bits per heavy atom. The fraction of sp³-hybridized carbons (Fsp3) is 0.0833. The number of halogens is 1. The molecule has 0 aliphatic heterocycles. The number of fused-ring (bicyclic) bond motifs is 1. The molecule has 2 rings (SSSR count). The van der Waals surface area contributed by atoms with Crippen molar-refractivity contribution >= 4 is 38.8 Å². The Bertz CT molecular complexity index is 681. The molecule has 0 saturated carbocycles. The highest BCUT2D eigenvalue weighted by Gasteiger charge is 2.23. The smallest absolute Gasteiger partial charge is 0.338 e. The van der Waals surface area contributed by atoms with Crippen molar-refractivity contribution in [2.24, 2.45) is 0 Å². The van der Waals surface area contributed by atoms with E-state index in [1.54, 1.807) is 18.2 Å². The Labute approximate surface area is 110 Å². The molecule has 2 aromatic rings. The van der Waals surface area contributed by atoms with E-state index in [1.165, 1.54) is 6.92 Å². The normalized spacial score (nSPS) is 10.6. The molecule has 1 aromatic heterocycles. The number of nitrogens with zero attached hydrogens (tertiary/aromatic N) is 1. The van der Waals surface area contributed by atoms with Crippen molar-refractivity contribution in [3.63, 3.8) is 0 Å². The van der Waals surface area contributed by atoms with E-state index in [4.69, 9.17) is 5.11 Å². The molecule has 5 nitrogen and oxygen atoms in total. The van der Waals surface area contributed by atoms with Crippen LogP contribution < -0.4 is 0 Å². The topological polar surface area (TPSA) is 87.5 Å². The zero-order valence-corrected chi connectivity index (χ0v) is 10.9. The summed E-state index contributed by atoms with van der Waals surface area (Å²) < 4.78 is 0.666. The van der Waals surface area contributed by atoms with Gasteiger partial charge in [0, 0.05) is 9.86 Å². The molecule has 0 saturated heterocycles. The first-order valence-electron chi connectivity index (χ1n) is 4.98. The number of rotatable bonds is 2. The van der Waals surface area contributed by atoms with Crippen molar-refractivity contribution in [2.75, 3.05) is 0 Å². The van der Waals surface area contributed by atoms with Crippen molar-refractivity contribution in [3.05, 3.63) is 39.5 Å². The van der Waals surface area contributed by atoms with Gasteiger partial charge in [-0.25, -0.2) is 9.59 Å². The number of aromatic nitrogens is 1. The van der Waals surface area contributed by atoms with Crippen LogP contribution in [-0.4, -0.2) is 27.1 Å². The average Bonchev–Trinajstić information content (AvgIpc) is 2.27. The zero-order valence-electron chi connectivity index (χ0n) is 9.27. The van der Waals surface area contributed by atoms with E-state index >= 15 is 0 Å². The lowest BCUT2D eigenvalue weighted by Crippen LogP contribution is -2.12. The number of pyridine rings is 1. The number of benzene rings is 1. The molecular weight excluding hydrogens is 302 g/mol. The highest BCUT2D eigenvalue weighted by molar-refractivity contribution is 9.10. The van der Waals surface area contributed by atoms with Gasteiger partial charge in [-0.1, -0.05) is 15.9 Å². The maximum atomic E-state index is 11.3. The van der Waals surface area contributed by atoms with Crippen LogP contribution in [0.3, 0.4) is 0 Å². The summed E-state index contributed by atoms with van der Waals surface area (Å²) in [4.78, 5) is 26.6. The van der Waals surface area contributed by atoms with Crippen molar-refractivity contribution in [1.29, 1.82) is 0 Å². The minimum Gasteiger partial charge on any atom is -0.478 e. The number of hydrogen-bond acceptors (Lipinski definition) is 3. The second-order valence-corrected chi connectivity index (χ2v) is 4.63. The molecule has 18 heavy (non-hydrogen) atoms. The Morgan fingerprint density at radius 3 is 2.33 bits per heavy atom.